The van der Waals surface area contributed by atoms with Crippen LogP contribution < -0.4 is 10.2 Å². The van der Waals surface area contributed by atoms with Crippen LogP contribution in [0.15, 0.2) is 35.3 Å². The molecule has 1 aliphatic carbocycles. The fourth-order valence-corrected chi connectivity index (χ4v) is 3.84. The predicted octanol–water partition coefficient (Wildman–Crippen LogP) is 4.79. The molecule has 3 aromatic rings. The fraction of sp³-hybridized carbons (Fsp3) is 0.348. The molecule has 0 atom stereocenters. The Morgan fingerprint density at radius 1 is 1.23 bits per heavy atom. The summed E-state index contributed by atoms with van der Waals surface area (Å²) in [5, 5.41) is 0.138. The van der Waals surface area contributed by atoms with Gasteiger partial charge in [0.2, 0.25) is 5.43 Å². The zero-order valence-corrected chi connectivity index (χ0v) is 17.4. The quantitative estimate of drug-likeness (QED) is 0.528. The molecule has 0 spiro atoms. The van der Waals surface area contributed by atoms with Crippen molar-refractivity contribution in [3.8, 4) is 16.9 Å². The van der Waals surface area contributed by atoms with Crippen LogP contribution in [0.3, 0.4) is 0 Å². The Morgan fingerprint density at radius 3 is 2.48 bits per heavy atom. The maximum atomic E-state index is 13.5. The van der Waals surface area contributed by atoms with Crippen LogP contribution >= 0.6 is 0 Å². The number of hydrogen-bond acceptors (Lipinski definition) is 5. The number of rotatable bonds is 6. The van der Waals surface area contributed by atoms with Gasteiger partial charge in [0.05, 0.1) is 17.5 Å². The molecule has 8 heteroatoms. The van der Waals surface area contributed by atoms with E-state index in [1.54, 1.807) is 35.8 Å². The number of fused-ring (bicyclic) bond motifs is 1. The molecule has 4 rings (SSSR count). The number of pyridine rings is 2. The van der Waals surface area contributed by atoms with E-state index in [0.717, 1.165) is 24.2 Å². The van der Waals surface area contributed by atoms with Crippen molar-refractivity contribution in [1.82, 2.24) is 9.55 Å². The van der Waals surface area contributed by atoms with E-state index in [4.69, 9.17) is 9.47 Å². The molecule has 31 heavy (non-hydrogen) atoms. The topological polar surface area (TPSA) is 70.4 Å². The standard InChI is InChI=1S/C23H22F2N2O4/c1-4-30-22(29)18-11-27(15-5-6-15)19-17(20(18)28)8-7-16(21(19)31-23(24)25)14-9-12(2)26-13(3)10-14/h7-11,15,23H,4-6H2,1-3H3. The first kappa shape index (κ1) is 21.0. The highest BCUT2D eigenvalue weighted by molar-refractivity contribution is 5.98. The summed E-state index contributed by atoms with van der Waals surface area (Å²) in [6, 6.07) is 6.67. The molecule has 0 N–H and O–H groups in total. The molecule has 2 aromatic heterocycles. The number of ether oxygens (including phenoxy) is 2. The average Bonchev–Trinajstić information content (AvgIpc) is 3.52. The molecular weight excluding hydrogens is 406 g/mol. The third kappa shape index (κ3) is 4.02. The van der Waals surface area contributed by atoms with Crippen molar-refractivity contribution in [2.45, 2.75) is 46.3 Å². The van der Waals surface area contributed by atoms with Crippen molar-refractivity contribution in [2.75, 3.05) is 6.61 Å². The predicted molar refractivity (Wildman–Crippen MR) is 112 cm³/mol. The second kappa shape index (κ2) is 8.09. The number of carbonyl (C=O) groups is 1. The number of esters is 1. The van der Waals surface area contributed by atoms with Gasteiger partial charge in [-0.05, 0) is 63.4 Å². The number of alkyl halides is 2. The van der Waals surface area contributed by atoms with E-state index in [9.17, 15) is 18.4 Å². The highest BCUT2D eigenvalue weighted by atomic mass is 19.3. The second-order valence-corrected chi connectivity index (χ2v) is 7.59. The Kier molecular flexibility index (Phi) is 5.47. The van der Waals surface area contributed by atoms with Gasteiger partial charge in [-0.1, -0.05) is 0 Å². The van der Waals surface area contributed by atoms with Gasteiger partial charge in [0.15, 0.2) is 5.75 Å². The summed E-state index contributed by atoms with van der Waals surface area (Å²) >= 11 is 0. The third-order valence-corrected chi connectivity index (χ3v) is 5.18. The molecule has 0 amide bonds. The van der Waals surface area contributed by atoms with E-state index in [0.29, 0.717) is 11.1 Å². The largest absolute Gasteiger partial charge is 0.462 e. The van der Waals surface area contributed by atoms with Crippen molar-refractivity contribution >= 4 is 16.9 Å². The van der Waals surface area contributed by atoms with Crippen molar-refractivity contribution in [1.29, 1.82) is 0 Å². The third-order valence-electron chi connectivity index (χ3n) is 5.18. The summed E-state index contributed by atoms with van der Waals surface area (Å²) in [6.07, 6.45) is 3.03. The Labute approximate surface area is 177 Å². The van der Waals surface area contributed by atoms with Gasteiger partial charge >= 0.3 is 12.6 Å². The van der Waals surface area contributed by atoms with Crippen LogP contribution in [0.1, 0.15) is 47.6 Å². The Bertz CT molecular complexity index is 1210. The average molecular weight is 428 g/mol. The van der Waals surface area contributed by atoms with Crippen LogP contribution in [0, 0.1) is 13.8 Å². The first-order chi connectivity index (χ1) is 14.8. The van der Waals surface area contributed by atoms with Crippen LogP contribution in [-0.4, -0.2) is 28.7 Å². The summed E-state index contributed by atoms with van der Waals surface area (Å²) in [5.41, 5.74) is 2.12. The van der Waals surface area contributed by atoms with Crippen molar-refractivity contribution in [3.63, 3.8) is 0 Å². The molecule has 0 saturated heterocycles. The number of nitrogens with zero attached hydrogens (tertiary/aromatic N) is 2. The summed E-state index contributed by atoms with van der Waals surface area (Å²) < 4.78 is 38.6. The SMILES string of the molecule is CCOC(=O)c1cn(C2CC2)c2c(OC(F)F)c(-c3cc(C)nc(C)c3)ccc2c1=O. The number of benzene rings is 1. The summed E-state index contributed by atoms with van der Waals surface area (Å²) in [6.45, 7) is 2.33. The Balaban J connectivity index is 2.06. The van der Waals surface area contributed by atoms with Crippen LogP contribution in [0.4, 0.5) is 8.78 Å². The highest BCUT2D eigenvalue weighted by Crippen LogP contribution is 2.43. The minimum atomic E-state index is -3.08. The Hall–Kier alpha value is -3.29. The van der Waals surface area contributed by atoms with Gasteiger partial charge in [0.1, 0.15) is 5.56 Å². The molecule has 1 saturated carbocycles. The van der Waals surface area contributed by atoms with Crippen LogP contribution in [-0.2, 0) is 4.74 Å². The minimum absolute atomic E-state index is 0.00698. The lowest BCUT2D eigenvalue weighted by Gasteiger charge is -2.19. The maximum absolute atomic E-state index is 13.5. The van der Waals surface area contributed by atoms with Gasteiger partial charge in [-0.2, -0.15) is 8.78 Å². The molecule has 0 radical (unpaired) electrons. The molecular formula is C23H22F2N2O4. The van der Waals surface area contributed by atoms with Gasteiger partial charge in [0.25, 0.3) is 0 Å². The minimum Gasteiger partial charge on any atom is -0.462 e. The van der Waals surface area contributed by atoms with Crippen LogP contribution in [0.2, 0.25) is 0 Å². The number of aromatic nitrogens is 2. The molecule has 0 aliphatic heterocycles. The summed E-state index contributed by atoms with van der Waals surface area (Å²) in [5.74, 6) is -0.818. The van der Waals surface area contributed by atoms with Gasteiger partial charge in [-0.25, -0.2) is 4.79 Å². The second-order valence-electron chi connectivity index (χ2n) is 7.59. The normalized spacial score (nSPS) is 13.6. The monoisotopic (exact) mass is 428 g/mol. The van der Waals surface area contributed by atoms with Gasteiger partial charge in [-0.3, -0.25) is 9.78 Å². The van der Waals surface area contributed by atoms with Gasteiger partial charge in [-0.15, -0.1) is 0 Å². The van der Waals surface area contributed by atoms with E-state index in [1.165, 1.54) is 6.20 Å². The molecule has 0 unspecified atom stereocenters. The molecule has 1 aromatic carbocycles. The van der Waals surface area contributed by atoms with Crippen molar-refractivity contribution < 1.29 is 23.0 Å². The van der Waals surface area contributed by atoms with E-state index in [2.05, 4.69) is 4.98 Å². The number of halogens is 2. The van der Waals surface area contributed by atoms with E-state index in [1.807, 2.05) is 13.8 Å². The Morgan fingerprint density at radius 2 is 1.90 bits per heavy atom. The number of aryl methyl sites for hydroxylation is 2. The maximum Gasteiger partial charge on any atom is 0.387 e. The number of carbonyl (C=O) groups excluding carboxylic acids is 1. The molecule has 1 fully saturated rings. The number of hydrogen-bond donors (Lipinski definition) is 0. The zero-order valence-electron chi connectivity index (χ0n) is 17.4. The van der Waals surface area contributed by atoms with E-state index >= 15 is 0 Å². The van der Waals surface area contributed by atoms with Crippen LogP contribution in [0.25, 0.3) is 22.0 Å². The molecule has 162 valence electrons. The van der Waals surface area contributed by atoms with Gasteiger partial charge < -0.3 is 14.0 Å². The van der Waals surface area contributed by atoms with Gasteiger partial charge in [0, 0.05) is 29.2 Å². The molecule has 6 nitrogen and oxygen atoms in total. The summed E-state index contributed by atoms with van der Waals surface area (Å²) in [7, 11) is 0. The molecule has 1 aliphatic rings. The lowest BCUT2D eigenvalue weighted by molar-refractivity contribution is -0.0486. The van der Waals surface area contributed by atoms with E-state index in [-0.39, 0.29) is 34.9 Å². The molecule has 0 bridgehead atoms. The summed E-state index contributed by atoms with van der Waals surface area (Å²) in [4.78, 5) is 29.7. The fourth-order valence-electron chi connectivity index (χ4n) is 3.84. The zero-order chi connectivity index (χ0) is 22.3. The molecule has 2 heterocycles. The first-order valence-electron chi connectivity index (χ1n) is 10.1. The van der Waals surface area contributed by atoms with Crippen molar-refractivity contribution in [2.24, 2.45) is 0 Å². The van der Waals surface area contributed by atoms with E-state index < -0.39 is 18.0 Å². The first-order valence-corrected chi connectivity index (χ1v) is 10.1. The van der Waals surface area contributed by atoms with Crippen molar-refractivity contribution in [3.05, 3.63) is 57.6 Å². The smallest absolute Gasteiger partial charge is 0.387 e. The van der Waals surface area contributed by atoms with Crippen LogP contribution in [0.5, 0.6) is 5.75 Å². The highest BCUT2D eigenvalue weighted by Gasteiger charge is 2.30. The lowest BCUT2D eigenvalue weighted by atomic mass is 10.00. The lowest BCUT2D eigenvalue weighted by Crippen LogP contribution is -2.21.